The first kappa shape index (κ1) is 14.4. The zero-order chi connectivity index (χ0) is 13.8. The summed E-state index contributed by atoms with van der Waals surface area (Å²) in [6.07, 6.45) is 5.27. The maximum absolute atomic E-state index is 4.74. The van der Waals surface area contributed by atoms with Gasteiger partial charge in [-0.25, -0.2) is 4.98 Å². The van der Waals surface area contributed by atoms with Crippen molar-refractivity contribution in [3.63, 3.8) is 0 Å². The molecule has 0 saturated carbocycles. The van der Waals surface area contributed by atoms with Gasteiger partial charge in [-0.3, -0.25) is 0 Å². The van der Waals surface area contributed by atoms with Crippen LogP contribution < -0.4 is 0 Å². The van der Waals surface area contributed by atoms with Gasteiger partial charge in [-0.05, 0) is 51.0 Å². The number of hydrogen-bond acceptors (Lipinski definition) is 4. The quantitative estimate of drug-likeness (QED) is 0.799. The lowest BCUT2D eigenvalue weighted by Gasteiger charge is -2.31. The number of thioether (sulfide) groups is 1. The Hall–Kier alpha value is -0.580. The predicted octanol–water partition coefficient (Wildman–Crippen LogP) is 4.65. The first-order valence-electron chi connectivity index (χ1n) is 7.59. The number of benzene rings is 1. The van der Waals surface area contributed by atoms with Crippen molar-refractivity contribution in [2.45, 2.75) is 42.2 Å². The van der Waals surface area contributed by atoms with Crippen LogP contribution in [-0.4, -0.2) is 34.8 Å². The second kappa shape index (κ2) is 6.92. The van der Waals surface area contributed by atoms with E-state index in [2.05, 4.69) is 36.1 Å². The molecule has 0 spiro atoms. The van der Waals surface area contributed by atoms with Crippen molar-refractivity contribution in [2.24, 2.45) is 0 Å². The van der Waals surface area contributed by atoms with E-state index >= 15 is 0 Å². The summed E-state index contributed by atoms with van der Waals surface area (Å²) in [5.41, 5.74) is 1.15. The van der Waals surface area contributed by atoms with Crippen LogP contribution in [0.15, 0.2) is 28.6 Å². The smallest absolute Gasteiger partial charge is 0.151 e. The van der Waals surface area contributed by atoms with Crippen molar-refractivity contribution < 1.29 is 0 Å². The van der Waals surface area contributed by atoms with Gasteiger partial charge in [0.15, 0.2) is 4.34 Å². The van der Waals surface area contributed by atoms with Crippen LogP contribution in [-0.2, 0) is 0 Å². The Balaban J connectivity index is 1.54. The minimum atomic E-state index is 0.758. The summed E-state index contributed by atoms with van der Waals surface area (Å²) in [7, 11) is 0. The van der Waals surface area contributed by atoms with Gasteiger partial charge in [0.05, 0.1) is 10.2 Å². The number of thiazole rings is 1. The fourth-order valence-corrected chi connectivity index (χ4v) is 5.13. The number of nitrogens with zero attached hydrogens (tertiary/aromatic N) is 2. The Kier molecular flexibility index (Phi) is 4.97. The van der Waals surface area contributed by atoms with E-state index in [1.165, 1.54) is 54.4 Å². The van der Waals surface area contributed by atoms with Crippen molar-refractivity contribution in [3.05, 3.63) is 24.3 Å². The molecule has 1 saturated heterocycles. The van der Waals surface area contributed by atoms with Gasteiger partial charge in [-0.15, -0.1) is 11.3 Å². The molecule has 1 fully saturated rings. The second-order valence-corrected chi connectivity index (χ2v) is 8.04. The lowest BCUT2D eigenvalue weighted by atomic mass is 10.1. The summed E-state index contributed by atoms with van der Waals surface area (Å²) >= 11 is 3.84. The van der Waals surface area contributed by atoms with Crippen LogP contribution in [0.5, 0.6) is 0 Å². The van der Waals surface area contributed by atoms with Crippen LogP contribution in [0.2, 0.25) is 0 Å². The Morgan fingerprint density at radius 1 is 1.30 bits per heavy atom. The fraction of sp³-hybridized carbons (Fsp3) is 0.562. The summed E-state index contributed by atoms with van der Waals surface area (Å²) in [4.78, 5) is 7.37. The zero-order valence-electron chi connectivity index (χ0n) is 12.0. The van der Waals surface area contributed by atoms with E-state index < -0.39 is 0 Å². The minimum absolute atomic E-state index is 0.758. The molecule has 0 bridgehead atoms. The molecule has 4 heteroatoms. The largest absolute Gasteiger partial charge is 0.303 e. The molecule has 1 aliphatic heterocycles. The Morgan fingerprint density at radius 3 is 2.85 bits per heavy atom. The van der Waals surface area contributed by atoms with Crippen LogP contribution in [0.3, 0.4) is 0 Å². The number of unbranched alkanes of at least 4 members (excludes halogenated alkanes) is 1. The van der Waals surface area contributed by atoms with E-state index in [0.717, 1.165) is 10.8 Å². The van der Waals surface area contributed by atoms with Crippen LogP contribution in [0.4, 0.5) is 0 Å². The average molecular weight is 307 g/mol. The van der Waals surface area contributed by atoms with Gasteiger partial charge in [0.1, 0.15) is 0 Å². The van der Waals surface area contributed by atoms with Crippen LogP contribution >= 0.6 is 23.1 Å². The minimum Gasteiger partial charge on any atom is -0.303 e. The molecule has 3 rings (SSSR count). The molecule has 1 aliphatic rings. The Morgan fingerprint density at radius 2 is 2.10 bits per heavy atom. The van der Waals surface area contributed by atoms with Gasteiger partial charge in [0, 0.05) is 5.25 Å². The molecule has 2 nitrogen and oxygen atoms in total. The van der Waals surface area contributed by atoms with Gasteiger partial charge < -0.3 is 4.90 Å². The highest BCUT2D eigenvalue weighted by atomic mass is 32.2. The molecule has 0 N–H and O–H groups in total. The topological polar surface area (TPSA) is 16.1 Å². The van der Waals surface area contributed by atoms with Crippen LogP contribution in [0.1, 0.15) is 32.6 Å². The molecule has 2 aromatic rings. The van der Waals surface area contributed by atoms with Gasteiger partial charge in [-0.1, -0.05) is 37.2 Å². The summed E-state index contributed by atoms with van der Waals surface area (Å²) in [6.45, 7) is 6.09. The van der Waals surface area contributed by atoms with Crippen LogP contribution in [0, 0.1) is 0 Å². The van der Waals surface area contributed by atoms with Gasteiger partial charge >= 0.3 is 0 Å². The summed E-state index contributed by atoms with van der Waals surface area (Å²) in [5.74, 6) is 0. The first-order chi connectivity index (χ1) is 9.85. The first-order valence-corrected chi connectivity index (χ1v) is 9.29. The predicted molar refractivity (Wildman–Crippen MR) is 89.8 cm³/mol. The third-order valence-electron chi connectivity index (χ3n) is 3.90. The highest BCUT2D eigenvalue weighted by Crippen LogP contribution is 2.35. The number of hydrogen-bond donors (Lipinski definition) is 0. The Labute approximate surface area is 129 Å². The molecular weight excluding hydrogens is 284 g/mol. The number of para-hydroxylation sites is 1. The number of likely N-dealkylation sites (tertiary alicyclic amines) is 1. The lowest BCUT2D eigenvalue weighted by Crippen LogP contribution is -2.35. The van der Waals surface area contributed by atoms with E-state index in [9.17, 15) is 0 Å². The zero-order valence-corrected chi connectivity index (χ0v) is 13.7. The van der Waals surface area contributed by atoms with Gasteiger partial charge in [0.2, 0.25) is 0 Å². The van der Waals surface area contributed by atoms with E-state index in [-0.39, 0.29) is 0 Å². The van der Waals surface area contributed by atoms with E-state index in [1.54, 1.807) is 0 Å². The van der Waals surface area contributed by atoms with Crippen molar-refractivity contribution >= 4 is 33.3 Å². The van der Waals surface area contributed by atoms with E-state index in [1.807, 2.05) is 23.1 Å². The van der Waals surface area contributed by atoms with Gasteiger partial charge in [0.25, 0.3) is 0 Å². The molecule has 2 heterocycles. The maximum Gasteiger partial charge on any atom is 0.151 e. The number of fused-ring (bicyclic) bond motifs is 1. The molecule has 0 unspecified atom stereocenters. The summed E-state index contributed by atoms with van der Waals surface area (Å²) < 4.78 is 2.56. The van der Waals surface area contributed by atoms with Crippen molar-refractivity contribution in [3.8, 4) is 0 Å². The van der Waals surface area contributed by atoms with Crippen molar-refractivity contribution in [1.29, 1.82) is 0 Å². The molecule has 0 radical (unpaired) electrons. The molecule has 108 valence electrons. The monoisotopic (exact) mass is 306 g/mol. The number of rotatable bonds is 5. The summed E-state index contributed by atoms with van der Waals surface area (Å²) in [6, 6.07) is 8.46. The number of aromatic nitrogens is 1. The normalized spacial score (nSPS) is 17.9. The fourth-order valence-electron chi connectivity index (χ4n) is 2.68. The molecule has 0 aliphatic carbocycles. The molecule has 1 aromatic heterocycles. The third-order valence-corrected chi connectivity index (χ3v) is 6.37. The third kappa shape index (κ3) is 3.54. The Bertz CT molecular complexity index is 511. The highest BCUT2D eigenvalue weighted by molar-refractivity contribution is 8.01. The maximum atomic E-state index is 4.74. The highest BCUT2D eigenvalue weighted by Gasteiger charge is 2.20. The molecule has 20 heavy (non-hydrogen) atoms. The van der Waals surface area contributed by atoms with Crippen LogP contribution in [0.25, 0.3) is 10.2 Å². The number of piperidine rings is 1. The average Bonchev–Trinajstić information content (AvgIpc) is 2.89. The van der Waals surface area contributed by atoms with Crippen molar-refractivity contribution in [1.82, 2.24) is 9.88 Å². The van der Waals surface area contributed by atoms with E-state index in [0.29, 0.717) is 0 Å². The standard InChI is InChI=1S/C16H22N2S2/c1-2-3-10-18-11-8-13(9-12-18)19-16-17-14-6-4-5-7-15(14)20-16/h4-7,13H,2-3,8-12H2,1H3. The SMILES string of the molecule is CCCCN1CCC(Sc2nc3ccccc3s2)CC1. The van der Waals surface area contributed by atoms with E-state index in [4.69, 9.17) is 4.98 Å². The van der Waals surface area contributed by atoms with Crippen molar-refractivity contribution in [2.75, 3.05) is 19.6 Å². The van der Waals surface area contributed by atoms with Gasteiger partial charge in [-0.2, -0.15) is 0 Å². The second-order valence-electron chi connectivity index (χ2n) is 5.46. The molecular formula is C16H22N2S2. The lowest BCUT2D eigenvalue weighted by molar-refractivity contribution is 0.229. The molecule has 0 atom stereocenters. The molecule has 1 aromatic carbocycles. The summed E-state index contributed by atoms with van der Waals surface area (Å²) in [5, 5.41) is 0.758. The molecule has 0 amide bonds.